The Kier molecular flexibility index (Phi) is 4.57. The Hall–Kier alpha value is -3.61. The quantitative estimate of drug-likeness (QED) is 0.426. The zero-order valence-electron chi connectivity index (χ0n) is 16.0. The number of pyridine rings is 2. The second-order valence-electron chi connectivity index (χ2n) is 6.04. The van der Waals surface area contributed by atoms with Crippen LogP contribution < -0.4 is 14.2 Å². The number of benzene rings is 1. The minimum atomic E-state index is 0.240. The summed E-state index contributed by atoms with van der Waals surface area (Å²) in [5.41, 5.74) is 4.21. The van der Waals surface area contributed by atoms with E-state index in [1.165, 1.54) is 0 Å². The molecule has 0 atom stereocenters. The van der Waals surface area contributed by atoms with Gasteiger partial charge in [-0.1, -0.05) is 13.8 Å². The van der Waals surface area contributed by atoms with E-state index in [1.807, 2.05) is 67.8 Å². The first-order chi connectivity index (χ1) is 13.7. The van der Waals surface area contributed by atoms with Crippen LogP contribution in [0.5, 0.6) is 11.5 Å². The van der Waals surface area contributed by atoms with Crippen molar-refractivity contribution in [2.24, 2.45) is 0 Å². The van der Waals surface area contributed by atoms with Gasteiger partial charge in [0, 0.05) is 28.5 Å². The summed E-state index contributed by atoms with van der Waals surface area (Å²) in [6, 6.07) is 13.3. The van der Waals surface area contributed by atoms with Gasteiger partial charge in [-0.15, -0.1) is 0 Å². The fourth-order valence-corrected chi connectivity index (χ4v) is 3.15. The largest absolute Gasteiger partial charge is 0.454 e. The van der Waals surface area contributed by atoms with Gasteiger partial charge in [-0.2, -0.15) is 0 Å². The first-order valence-electron chi connectivity index (χ1n) is 9.16. The molecule has 1 N–H and O–H groups in total. The Morgan fingerprint density at radius 1 is 0.964 bits per heavy atom. The molecule has 4 heterocycles. The molecule has 5 rings (SSSR count). The van der Waals surface area contributed by atoms with Gasteiger partial charge in [-0.05, 0) is 31.2 Å². The summed E-state index contributed by atoms with van der Waals surface area (Å²) in [6.07, 6.45) is 3.14. The van der Waals surface area contributed by atoms with Gasteiger partial charge in [-0.3, -0.25) is 9.77 Å². The number of imidazole rings is 1. The van der Waals surface area contributed by atoms with E-state index in [9.17, 15) is 5.21 Å². The molecule has 0 aliphatic carbocycles. The van der Waals surface area contributed by atoms with Crippen molar-refractivity contribution in [2.45, 2.75) is 20.8 Å². The van der Waals surface area contributed by atoms with Gasteiger partial charge in [0.25, 0.3) is 0 Å². The number of aryl methyl sites for hydroxylation is 1. The van der Waals surface area contributed by atoms with Crippen molar-refractivity contribution in [1.82, 2.24) is 14.5 Å². The third-order valence-electron chi connectivity index (χ3n) is 4.40. The first kappa shape index (κ1) is 17.8. The molecule has 0 radical (unpaired) electrons. The van der Waals surface area contributed by atoms with Crippen LogP contribution in [0.25, 0.3) is 28.1 Å². The van der Waals surface area contributed by atoms with Gasteiger partial charge in [-0.25, -0.2) is 9.97 Å². The maximum Gasteiger partial charge on any atom is 0.231 e. The van der Waals surface area contributed by atoms with E-state index in [2.05, 4.69) is 4.98 Å². The molecule has 0 amide bonds. The van der Waals surface area contributed by atoms with Crippen LogP contribution in [0.3, 0.4) is 0 Å². The summed E-state index contributed by atoms with van der Waals surface area (Å²) in [7, 11) is 0. The van der Waals surface area contributed by atoms with Crippen molar-refractivity contribution in [3.05, 3.63) is 60.7 Å². The minimum absolute atomic E-state index is 0.240. The van der Waals surface area contributed by atoms with Gasteiger partial charge in [0.05, 0.1) is 11.4 Å². The lowest BCUT2D eigenvalue weighted by Crippen LogP contribution is -2.27. The molecular formula is C21H21N4O3+. The van der Waals surface area contributed by atoms with Crippen LogP contribution in [0.2, 0.25) is 0 Å². The van der Waals surface area contributed by atoms with Crippen LogP contribution in [0, 0.1) is 6.92 Å². The smallest absolute Gasteiger partial charge is 0.231 e. The number of rotatable bonds is 2. The number of hydrogen-bond donors (Lipinski definition) is 1. The molecule has 4 aromatic rings. The van der Waals surface area contributed by atoms with Crippen molar-refractivity contribution < 1.29 is 19.4 Å². The summed E-state index contributed by atoms with van der Waals surface area (Å²) >= 11 is 0. The highest BCUT2D eigenvalue weighted by Crippen LogP contribution is 2.35. The maximum atomic E-state index is 9.41. The van der Waals surface area contributed by atoms with Crippen LogP contribution in [-0.2, 0) is 0 Å². The van der Waals surface area contributed by atoms with Gasteiger partial charge in [0.2, 0.25) is 19.2 Å². The predicted molar refractivity (Wildman–Crippen MR) is 104 cm³/mol. The van der Waals surface area contributed by atoms with Crippen molar-refractivity contribution in [3.63, 3.8) is 0 Å². The van der Waals surface area contributed by atoms with Gasteiger partial charge in [0.15, 0.2) is 17.1 Å². The van der Waals surface area contributed by atoms with E-state index < -0.39 is 0 Å². The molecule has 0 unspecified atom stereocenters. The Morgan fingerprint density at radius 3 is 2.50 bits per heavy atom. The van der Waals surface area contributed by atoms with Crippen molar-refractivity contribution in [1.29, 1.82) is 0 Å². The Morgan fingerprint density at radius 2 is 1.71 bits per heavy atom. The number of hydrogen-bond acceptors (Lipinski definition) is 5. The fraction of sp³-hybridized carbons (Fsp3) is 0.190. The number of nitrogens with zero attached hydrogens (tertiary/aromatic N) is 4. The zero-order chi connectivity index (χ0) is 19.7. The summed E-state index contributed by atoms with van der Waals surface area (Å²) in [5, 5.41) is 9.41. The molecule has 1 aliphatic heterocycles. The average Bonchev–Trinajstić information content (AvgIpc) is 3.32. The van der Waals surface area contributed by atoms with Crippen LogP contribution in [0.4, 0.5) is 0 Å². The van der Waals surface area contributed by atoms with Crippen molar-refractivity contribution in [3.8, 4) is 28.4 Å². The number of ether oxygens (including phenoxy) is 2. The van der Waals surface area contributed by atoms with Crippen LogP contribution in [0.1, 0.15) is 19.7 Å². The zero-order valence-corrected chi connectivity index (χ0v) is 16.0. The molecule has 142 valence electrons. The van der Waals surface area contributed by atoms with E-state index >= 15 is 0 Å². The monoisotopic (exact) mass is 377 g/mol. The summed E-state index contributed by atoms with van der Waals surface area (Å²) in [6.45, 7) is 6.19. The van der Waals surface area contributed by atoms with E-state index in [1.54, 1.807) is 12.4 Å². The van der Waals surface area contributed by atoms with E-state index in [4.69, 9.17) is 14.5 Å². The molecule has 0 saturated heterocycles. The molecular weight excluding hydrogens is 356 g/mol. The standard InChI is InChI=1S/C19H15N4O3.C2H6/c1-12-20-16-4-3-15(13-6-8-22(24)9-7-13)21-19(16)23(12)14-2-5-17-18(10-14)26-11-25-17;1-2/h2-10,24H,11H2,1H3;1-2H3/q+1;. The molecule has 0 bridgehead atoms. The van der Waals surface area contributed by atoms with Gasteiger partial charge in [0.1, 0.15) is 11.3 Å². The topological polar surface area (TPSA) is 73.3 Å². The third kappa shape index (κ3) is 3.00. The number of aromatic nitrogens is 4. The highest BCUT2D eigenvalue weighted by atomic mass is 16.7. The Bertz CT molecular complexity index is 1140. The second-order valence-corrected chi connectivity index (χ2v) is 6.04. The fourth-order valence-electron chi connectivity index (χ4n) is 3.15. The lowest BCUT2D eigenvalue weighted by atomic mass is 10.2. The Balaban J connectivity index is 0.000000932. The molecule has 7 heteroatoms. The molecule has 0 fully saturated rings. The summed E-state index contributed by atoms with van der Waals surface area (Å²) in [4.78, 5) is 9.42. The first-order valence-corrected chi connectivity index (χ1v) is 9.16. The maximum absolute atomic E-state index is 9.41. The highest BCUT2D eigenvalue weighted by molar-refractivity contribution is 5.78. The number of fused-ring (bicyclic) bond motifs is 2. The van der Waals surface area contributed by atoms with E-state index in [-0.39, 0.29) is 6.79 Å². The van der Waals surface area contributed by atoms with Gasteiger partial charge >= 0.3 is 0 Å². The van der Waals surface area contributed by atoms with Crippen molar-refractivity contribution in [2.75, 3.05) is 6.79 Å². The molecule has 7 nitrogen and oxygen atoms in total. The average molecular weight is 377 g/mol. The van der Waals surface area contributed by atoms with E-state index in [0.717, 1.165) is 50.2 Å². The molecule has 1 aromatic carbocycles. The summed E-state index contributed by atoms with van der Waals surface area (Å²) < 4.78 is 13.9. The summed E-state index contributed by atoms with van der Waals surface area (Å²) in [5.74, 6) is 2.30. The lowest BCUT2D eigenvalue weighted by molar-refractivity contribution is -0.904. The Labute approximate surface area is 162 Å². The minimum Gasteiger partial charge on any atom is -0.454 e. The molecule has 0 saturated carbocycles. The molecule has 0 spiro atoms. The van der Waals surface area contributed by atoms with Gasteiger partial charge < -0.3 is 9.47 Å². The predicted octanol–water partition coefficient (Wildman–Crippen LogP) is 3.68. The normalized spacial score (nSPS) is 12.0. The second kappa shape index (κ2) is 7.19. The molecule has 1 aliphatic rings. The van der Waals surface area contributed by atoms with Crippen LogP contribution >= 0.6 is 0 Å². The van der Waals surface area contributed by atoms with Crippen molar-refractivity contribution >= 4 is 11.2 Å². The molecule has 3 aromatic heterocycles. The van der Waals surface area contributed by atoms with E-state index in [0.29, 0.717) is 0 Å². The molecule has 28 heavy (non-hydrogen) atoms. The highest BCUT2D eigenvalue weighted by Gasteiger charge is 2.17. The van der Waals surface area contributed by atoms with Crippen LogP contribution in [-0.4, -0.2) is 26.5 Å². The SMILES string of the molecule is CC.Cc1nc2ccc(-c3cc[n+](O)cc3)nc2n1-c1ccc2c(c1)OCO2. The lowest BCUT2D eigenvalue weighted by Gasteiger charge is -2.08. The third-order valence-corrected chi connectivity index (χ3v) is 4.40. The van der Waals surface area contributed by atoms with Crippen LogP contribution in [0.15, 0.2) is 54.9 Å².